The van der Waals surface area contributed by atoms with Crippen LogP contribution in [-0.4, -0.2) is 93.5 Å². The summed E-state index contributed by atoms with van der Waals surface area (Å²) in [6.45, 7) is 17.4. The molecule has 5 fully saturated rings. The molecule has 5 rings (SSSR count). The Morgan fingerprint density at radius 1 is 0.628 bits per heavy atom. The van der Waals surface area contributed by atoms with Crippen LogP contribution in [0.15, 0.2) is 12.2 Å². The maximum Gasteiger partial charge on any atom is 0.306 e. The van der Waals surface area contributed by atoms with Crippen molar-refractivity contribution >= 4 is 29.8 Å². The molecule has 6 unspecified atom stereocenters. The van der Waals surface area contributed by atoms with Crippen molar-refractivity contribution in [2.24, 2.45) is 75.7 Å². The number of hydrogen-bond acceptors (Lipinski definition) is 12. The van der Waals surface area contributed by atoms with Crippen LogP contribution in [0.1, 0.15) is 248 Å². The Morgan fingerprint density at radius 2 is 1.27 bits per heavy atom. The van der Waals surface area contributed by atoms with Gasteiger partial charge in [0.2, 0.25) is 0 Å². The summed E-state index contributed by atoms with van der Waals surface area (Å²) >= 11 is 0. The van der Waals surface area contributed by atoms with E-state index in [1.807, 2.05) is 14.1 Å². The first kappa shape index (κ1) is 65.8. The van der Waals surface area contributed by atoms with Gasteiger partial charge >= 0.3 is 29.8 Å². The van der Waals surface area contributed by atoms with Gasteiger partial charge in [-0.15, -0.1) is 0 Å². The lowest BCUT2D eigenvalue weighted by atomic mass is 9.44. The molecular weight excluding hydrogens is 981 g/mol. The smallest absolute Gasteiger partial charge is 0.306 e. The van der Waals surface area contributed by atoms with E-state index in [1.165, 1.54) is 51.4 Å². The van der Waals surface area contributed by atoms with Crippen LogP contribution in [0.4, 0.5) is 0 Å². The van der Waals surface area contributed by atoms with Crippen molar-refractivity contribution in [1.82, 2.24) is 4.90 Å². The summed E-state index contributed by atoms with van der Waals surface area (Å²) in [6, 6.07) is 0.295. The van der Waals surface area contributed by atoms with Crippen LogP contribution in [0.5, 0.6) is 0 Å². The molecule has 0 spiro atoms. The standard InChI is InChI=1S/C66H114N2O10/c1-10-13-16-25-52-49(31-36-58(52)77-63(72)30-22-41-68(8)9)43-64(73)76-46-59(78-62(71)29-20-19-24-48(44-74-60(69)27-17-14-11-2)45-75-61(70)28-18-15-12-3)50-37-39-65(6)51(42-50)32-33-53-54-34-35-56(57(67)26-21-23-47(4)5)66(54,7)40-38-55(53)65/h13,16,47-59H,10-12,14-15,17-46,67H2,1-9H3/b16-13-/t49?,50?,51?,52?,53-,54-,55-,56+,57+,58?,59?,65-,66-/m0/s1. The second kappa shape index (κ2) is 33.8. The van der Waals surface area contributed by atoms with Crippen molar-refractivity contribution in [2.75, 3.05) is 40.5 Å². The molecule has 0 heterocycles. The molecule has 12 heteroatoms. The van der Waals surface area contributed by atoms with E-state index >= 15 is 0 Å². The second-order valence-corrected chi connectivity index (χ2v) is 26.8. The fourth-order valence-corrected chi connectivity index (χ4v) is 15.8. The zero-order valence-electron chi connectivity index (χ0n) is 51.0. The summed E-state index contributed by atoms with van der Waals surface area (Å²) in [5, 5.41) is 0. The molecule has 0 saturated heterocycles. The van der Waals surface area contributed by atoms with E-state index < -0.39 is 6.10 Å². The number of hydrogen-bond donors (Lipinski definition) is 1. The minimum absolute atomic E-state index is 0.0243. The maximum absolute atomic E-state index is 14.0. The summed E-state index contributed by atoms with van der Waals surface area (Å²) < 4.78 is 30.2. The van der Waals surface area contributed by atoms with Gasteiger partial charge in [0.1, 0.15) is 18.8 Å². The molecule has 5 aliphatic carbocycles. The Labute approximate surface area is 474 Å². The van der Waals surface area contributed by atoms with Gasteiger partial charge in [-0.2, -0.15) is 0 Å². The van der Waals surface area contributed by atoms with Crippen LogP contribution in [-0.2, 0) is 47.7 Å². The second-order valence-electron chi connectivity index (χ2n) is 26.8. The van der Waals surface area contributed by atoms with Gasteiger partial charge in [0.25, 0.3) is 0 Å². The van der Waals surface area contributed by atoms with E-state index in [1.54, 1.807) is 0 Å². The lowest BCUT2D eigenvalue weighted by molar-refractivity contribution is -0.169. The number of unbranched alkanes of at least 4 members (excludes halogenated alkanes) is 5. The van der Waals surface area contributed by atoms with Crippen LogP contribution >= 0.6 is 0 Å². The van der Waals surface area contributed by atoms with E-state index in [4.69, 9.17) is 29.4 Å². The van der Waals surface area contributed by atoms with E-state index in [2.05, 4.69) is 65.5 Å². The highest BCUT2D eigenvalue weighted by atomic mass is 16.6. The van der Waals surface area contributed by atoms with Crippen molar-refractivity contribution in [3.05, 3.63) is 12.2 Å². The third-order valence-corrected chi connectivity index (χ3v) is 20.4. The van der Waals surface area contributed by atoms with Crippen molar-refractivity contribution in [1.29, 1.82) is 0 Å². The highest BCUT2D eigenvalue weighted by molar-refractivity contribution is 5.71. The highest BCUT2D eigenvalue weighted by Crippen LogP contribution is 2.68. The third-order valence-electron chi connectivity index (χ3n) is 20.4. The monoisotopic (exact) mass is 1090 g/mol. The van der Waals surface area contributed by atoms with E-state index in [-0.39, 0.29) is 97.7 Å². The van der Waals surface area contributed by atoms with Crippen LogP contribution in [0.2, 0.25) is 0 Å². The molecule has 0 aromatic rings. The number of carbonyl (C=O) groups is 5. The van der Waals surface area contributed by atoms with Crippen LogP contribution < -0.4 is 5.73 Å². The molecule has 5 aliphatic rings. The number of nitrogens with zero attached hydrogens (tertiary/aromatic N) is 1. The highest BCUT2D eigenvalue weighted by Gasteiger charge is 2.61. The zero-order valence-corrected chi connectivity index (χ0v) is 51.0. The molecule has 78 heavy (non-hydrogen) atoms. The number of allylic oxidation sites excluding steroid dienone is 2. The normalized spacial score (nSPS) is 29.5. The molecule has 0 bridgehead atoms. The van der Waals surface area contributed by atoms with Gasteiger partial charge in [0, 0.05) is 50.0 Å². The lowest BCUT2D eigenvalue weighted by Gasteiger charge is -2.61. The van der Waals surface area contributed by atoms with Gasteiger partial charge < -0.3 is 34.3 Å². The SMILES string of the molecule is CC/C=C\CC1C(CC(=O)OCC(OC(=O)CCCCC(COC(=O)CCCCC)COC(=O)CCCCC)C2CC[C@@]3(C)C(CC[C@H]4[C@@H]5CC[C@H]([C@H](N)CCCC(C)C)[C@@]5(C)CC[C@@H]43)C2)CCC1OC(=O)CCCN(C)C. The van der Waals surface area contributed by atoms with Crippen LogP contribution in [0, 0.1) is 70.0 Å². The molecule has 2 N–H and O–H groups in total. The minimum Gasteiger partial charge on any atom is -0.465 e. The van der Waals surface area contributed by atoms with E-state index in [0.717, 1.165) is 121 Å². The Morgan fingerprint density at radius 3 is 1.94 bits per heavy atom. The first-order valence-electron chi connectivity index (χ1n) is 32.3. The van der Waals surface area contributed by atoms with Gasteiger partial charge in [0.05, 0.1) is 13.2 Å². The summed E-state index contributed by atoms with van der Waals surface area (Å²) in [5.74, 6) is 2.82. The fourth-order valence-electron chi connectivity index (χ4n) is 15.8. The van der Waals surface area contributed by atoms with Crippen LogP contribution in [0.3, 0.4) is 0 Å². The molecule has 13 atom stereocenters. The van der Waals surface area contributed by atoms with Gasteiger partial charge in [0.15, 0.2) is 0 Å². The quantitative estimate of drug-likeness (QED) is 0.0274. The lowest BCUT2D eigenvalue weighted by Crippen LogP contribution is -2.55. The fraction of sp³-hybridized carbons (Fsp3) is 0.894. The van der Waals surface area contributed by atoms with Gasteiger partial charge in [-0.1, -0.05) is 106 Å². The predicted molar refractivity (Wildman–Crippen MR) is 311 cm³/mol. The number of rotatable bonds is 36. The maximum atomic E-state index is 14.0. The molecule has 5 saturated carbocycles. The van der Waals surface area contributed by atoms with Crippen molar-refractivity contribution in [3.63, 3.8) is 0 Å². The Kier molecular flexibility index (Phi) is 28.5. The molecule has 0 aromatic heterocycles. The molecule has 0 aromatic carbocycles. The first-order chi connectivity index (χ1) is 37.4. The topological polar surface area (TPSA) is 161 Å². The number of carbonyl (C=O) groups excluding carboxylic acids is 5. The van der Waals surface area contributed by atoms with Crippen LogP contribution in [0.25, 0.3) is 0 Å². The van der Waals surface area contributed by atoms with Crippen molar-refractivity contribution < 1.29 is 47.7 Å². The van der Waals surface area contributed by atoms with Gasteiger partial charge in [-0.3, -0.25) is 24.0 Å². The van der Waals surface area contributed by atoms with Crippen molar-refractivity contribution in [2.45, 2.75) is 266 Å². The van der Waals surface area contributed by atoms with Crippen molar-refractivity contribution in [3.8, 4) is 0 Å². The van der Waals surface area contributed by atoms with Gasteiger partial charge in [-0.05, 0) is 201 Å². The molecule has 0 aliphatic heterocycles. The molecular formula is C66H114N2O10. The summed E-state index contributed by atoms with van der Waals surface area (Å²) in [7, 11) is 4.01. The number of ether oxygens (including phenoxy) is 5. The Bertz CT molecular complexity index is 1810. The molecule has 0 radical (unpaired) electrons. The average molecular weight is 1100 g/mol. The zero-order chi connectivity index (χ0) is 56.7. The molecule has 12 nitrogen and oxygen atoms in total. The summed E-state index contributed by atoms with van der Waals surface area (Å²) in [6.07, 6.45) is 30.7. The summed E-state index contributed by atoms with van der Waals surface area (Å²) in [4.78, 5) is 68.2. The minimum atomic E-state index is -0.541. The predicted octanol–water partition coefficient (Wildman–Crippen LogP) is 14.3. The third kappa shape index (κ3) is 20.2. The molecule has 0 amide bonds. The first-order valence-corrected chi connectivity index (χ1v) is 32.3. The Balaban J connectivity index is 1.23. The number of fused-ring (bicyclic) bond motifs is 5. The average Bonchev–Trinajstić information content (AvgIpc) is 3.79. The number of esters is 5. The van der Waals surface area contributed by atoms with E-state index in [0.29, 0.717) is 67.7 Å². The number of nitrogens with two attached hydrogens (primary N) is 1. The summed E-state index contributed by atoms with van der Waals surface area (Å²) in [5.41, 5.74) is 7.64. The van der Waals surface area contributed by atoms with Gasteiger partial charge in [-0.25, -0.2) is 0 Å². The molecule has 448 valence electrons. The van der Waals surface area contributed by atoms with E-state index in [9.17, 15) is 24.0 Å². The Hall–Kier alpha value is -2.99. The largest absolute Gasteiger partial charge is 0.465 e.